The summed E-state index contributed by atoms with van der Waals surface area (Å²) in [7, 11) is 0. The third kappa shape index (κ3) is 4.05. The van der Waals surface area contributed by atoms with Crippen LogP contribution in [-0.2, 0) is 4.79 Å². The number of nitrogens with zero attached hydrogens (tertiary/aromatic N) is 4. The van der Waals surface area contributed by atoms with Crippen molar-refractivity contribution in [2.75, 3.05) is 10.6 Å². The molecule has 0 saturated carbocycles. The third-order valence-corrected chi connectivity index (χ3v) is 5.74. The number of pyridine rings is 1. The van der Waals surface area contributed by atoms with E-state index in [4.69, 9.17) is 16.0 Å². The summed E-state index contributed by atoms with van der Waals surface area (Å²) in [5.74, 6) is -1.64. The molecule has 162 valence electrons. The van der Waals surface area contributed by atoms with Gasteiger partial charge in [-0.3, -0.25) is 14.6 Å². The summed E-state index contributed by atoms with van der Waals surface area (Å²) in [5.41, 5.74) is 13.2. The molecule has 0 aliphatic heterocycles. The summed E-state index contributed by atoms with van der Waals surface area (Å²) < 4.78 is 18.6. The molecule has 0 unspecified atom stereocenters. The van der Waals surface area contributed by atoms with Crippen molar-refractivity contribution in [2.45, 2.75) is 13.0 Å². The summed E-state index contributed by atoms with van der Waals surface area (Å²) in [6.45, 7) is 1.57. The van der Waals surface area contributed by atoms with Crippen LogP contribution in [0.3, 0.4) is 0 Å². The van der Waals surface area contributed by atoms with Crippen LogP contribution in [-0.4, -0.2) is 32.9 Å². The molecule has 0 fully saturated rings. The summed E-state index contributed by atoms with van der Waals surface area (Å²) in [5, 5.41) is 4.17. The van der Waals surface area contributed by atoms with Crippen molar-refractivity contribution in [2.24, 2.45) is 5.73 Å². The molecule has 1 aromatic carbocycles. The van der Waals surface area contributed by atoms with Gasteiger partial charge in [-0.25, -0.2) is 9.37 Å². The highest BCUT2D eigenvalue weighted by Gasteiger charge is 2.28. The van der Waals surface area contributed by atoms with Gasteiger partial charge in [-0.1, -0.05) is 16.5 Å². The molecular weight excluding hydrogens is 435 g/mol. The second kappa shape index (κ2) is 8.55. The number of primary amides is 1. The Morgan fingerprint density at radius 2 is 1.84 bits per heavy atom. The van der Waals surface area contributed by atoms with Gasteiger partial charge in [0.1, 0.15) is 28.2 Å². The van der Waals surface area contributed by atoms with E-state index in [-0.39, 0.29) is 21.6 Å². The van der Waals surface area contributed by atoms with Gasteiger partial charge >= 0.3 is 0 Å². The lowest BCUT2D eigenvalue weighted by Crippen LogP contribution is -2.39. The SMILES string of the molecule is C[C@H](C(N)=O)N(c1ccc(F)cc1)c1nc(N)c(C(=O)c2cc(-c3ccncc3)no2)s1. The molecule has 11 heteroatoms. The molecule has 1 atom stereocenters. The number of halogens is 1. The Labute approximate surface area is 185 Å². The number of carbonyl (C=O) groups is 2. The Morgan fingerprint density at radius 1 is 1.16 bits per heavy atom. The number of hydrogen-bond donors (Lipinski definition) is 2. The van der Waals surface area contributed by atoms with Crippen LogP contribution in [0.5, 0.6) is 0 Å². The predicted octanol–water partition coefficient (Wildman–Crippen LogP) is 3.16. The van der Waals surface area contributed by atoms with E-state index in [2.05, 4.69) is 15.1 Å². The highest BCUT2D eigenvalue weighted by atomic mass is 32.1. The minimum Gasteiger partial charge on any atom is -0.382 e. The lowest BCUT2D eigenvalue weighted by atomic mass is 10.1. The van der Waals surface area contributed by atoms with Crippen LogP contribution in [0, 0.1) is 5.82 Å². The van der Waals surface area contributed by atoms with Crippen molar-refractivity contribution in [3.8, 4) is 11.3 Å². The number of ketones is 1. The fourth-order valence-electron chi connectivity index (χ4n) is 2.97. The maximum atomic E-state index is 13.4. The number of nitrogens with two attached hydrogens (primary N) is 2. The maximum Gasteiger partial charge on any atom is 0.244 e. The number of hydrogen-bond acceptors (Lipinski definition) is 9. The van der Waals surface area contributed by atoms with Gasteiger partial charge in [0.2, 0.25) is 17.5 Å². The Kier molecular flexibility index (Phi) is 5.65. The van der Waals surface area contributed by atoms with E-state index in [1.54, 1.807) is 31.5 Å². The van der Waals surface area contributed by atoms with Gasteiger partial charge in [0, 0.05) is 29.7 Å². The molecule has 0 aliphatic rings. The highest BCUT2D eigenvalue weighted by Crippen LogP contribution is 2.36. The zero-order valence-corrected chi connectivity index (χ0v) is 17.5. The van der Waals surface area contributed by atoms with Crippen LogP contribution in [0.4, 0.5) is 21.0 Å². The number of benzene rings is 1. The quantitative estimate of drug-likeness (QED) is 0.407. The first-order valence-corrected chi connectivity index (χ1v) is 10.2. The molecule has 0 bridgehead atoms. The van der Waals surface area contributed by atoms with Gasteiger partial charge in [-0.05, 0) is 43.3 Å². The smallest absolute Gasteiger partial charge is 0.244 e. The second-order valence-electron chi connectivity index (χ2n) is 6.78. The third-order valence-electron chi connectivity index (χ3n) is 4.67. The number of nitrogen functional groups attached to an aromatic ring is 1. The number of rotatable bonds is 7. The van der Waals surface area contributed by atoms with E-state index < -0.39 is 23.5 Å². The van der Waals surface area contributed by atoms with Crippen molar-refractivity contribution < 1.29 is 18.5 Å². The number of anilines is 3. The molecule has 0 saturated heterocycles. The molecule has 0 aliphatic carbocycles. The van der Waals surface area contributed by atoms with Crippen molar-refractivity contribution in [3.63, 3.8) is 0 Å². The van der Waals surface area contributed by atoms with Gasteiger partial charge < -0.3 is 20.9 Å². The van der Waals surface area contributed by atoms with Gasteiger partial charge in [0.25, 0.3) is 0 Å². The average Bonchev–Trinajstić information content (AvgIpc) is 3.43. The van der Waals surface area contributed by atoms with Crippen molar-refractivity contribution in [1.82, 2.24) is 15.1 Å². The molecule has 0 radical (unpaired) electrons. The number of carbonyl (C=O) groups excluding carboxylic acids is 2. The minimum absolute atomic E-state index is 0.0185. The molecular formula is C21H17FN6O3S. The van der Waals surface area contributed by atoms with Crippen LogP contribution < -0.4 is 16.4 Å². The topological polar surface area (TPSA) is 141 Å². The molecule has 3 aromatic heterocycles. The summed E-state index contributed by atoms with van der Waals surface area (Å²) in [4.78, 5) is 34.7. The molecule has 4 N–H and O–H groups in total. The lowest BCUT2D eigenvalue weighted by Gasteiger charge is -2.26. The Bertz CT molecular complexity index is 1270. The zero-order valence-electron chi connectivity index (χ0n) is 16.7. The Morgan fingerprint density at radius 3 is 2.50 bits per heavy atom. The molecule has 3 heterocycles. The van der Waals surface area contributed by atoms with Crippen LogP contribution in [0.15, 0.2) is 59.4 Å². The van der Waals surface area contributed by atoms with Gasteiger partial charge in [0.15, 0.2) is 5.13 Å². The Hall–Kier alpha value is -4.12. The van der Waals surface area contributed by atoms with E-state index in [0.717, 1.165) is 16.9 Å². The minimum atomic E-state index is -0.836. The number of aromatic nitrogens is 3. The predicted molar refractivity (Wildman–Crippen MR) is 117 cm³/mol. The molecule has 32 heavy (non-hydrogen) atoms. The first-order chi connectivity index (χ1) is 15.3. The monoisotopic (exact) mass is 452 g/mol. The fourth-order valence-corrected chi connectivity index (χ4v) is 4.00. The van der Waals surface area contributed by atoms with E-state index in [0.29, 0.717) is 11.4 Å². The number of amides is 1. The fraction of sp³-hybridized carbons (Fsp3) is 0.0952. The molecule has 4 rings (SSSR count). The number of thiazole rings is 1. The van der Waals surface area contributed by atoms with E-state index in [9.17, 15) is 14.0 Å². The van der Waals surface area contributed by atoms with Crippen molar-refractivity contribution in [3.05, 3.63) is 71.3 Å². The molecule has 0 spiro atoms. The Balaban J connectivity index is 1.69. The van der Waals surface area contributed by atoms with Crippen LogP contribution >= 0.6 is 11.3 Å². The van der Waals surface area contributed by atoms with Crippen molar-refractivity contribution in [1.29, 1.82) is 0 Å². The largest absolute Gasteiger partial charge is 0.382 e. The maximum absolute atomic E-state index is 13.4. The van der Waals surface area contributed by atoms with E-state index in [1.807, 2.05) is 0 Å². The summed E-state index contributed by atoms with van der Waals surface area (Å²) in [6, 6.07) is 9.57. The lowest BCUT2D eigenvalue weighted by molar-refractivity contribution is -0.118. The van der Waals surface area contributed by atoms with Crippen LogP contribution in [0.25, 0.3) is 11.3 Å². The molecule has 1 amide bonds. The zero-order chi connectivity index (χ0) is 22.8. The van der Waals surface area contributed by atoms with Crippen LogP contribution in [0.1, 0.15) is 22.4 Å². The molecule has 4 aromatic rings. The standard InChI is InChI=1S/C21H17FN6O3S/c1-11(20(24)30)28(14-4-2-13(22)3-5-14)21-26-19(23)18(32-21)17(29)16-10-15(27-31-16)12-6-8-25-9-7-12/h2-11H,23H2,1H3,(H2,24,30)/t11-/m1/s1. The van der Waals surface area contributed by atoms with Crippen molar-refractivity contribution >= 4 is 39.7 Å². The van der Waals surface area contributed by atoms with E-state index >= 15 is 0 Å². The van der Waals surface area contributed by atoms with Gasteiger partial charge in [0.05, 0.1) is 0 Å². The molecule has 9 nitrogen and oxygen atoms in total. The van der Waals surface area contributed by atoms with Gasteiger partial charge in [-0.15, -0.1) is 0 Å². The average molecular weight is 452 g/mol. The second-order valence-corrected chi connectivity index (χ2v) is 7.75. The first kappa shape index (κ1) is 21.1. The van der Waals surface area contributed by atoms with E-state index in [1.165, 1.54) is 35.2 Å². The van der Waals surface area contributed by atoms with Crippen LogP contribution in [0.2, 0.25) is 0 Å². The van der Waals surface area contributed by atoms with Gasteiger partial charge in [-0.2, -0.15) is 0 Å². The highest BCUT2D eigenvalue weighted by molar-refractivity contribution is 7.18. The first-order valence-electron chi connectivity index (χ1n) is 9.37. The summed E-state index contributed by atoms with van der Waals surface area (Å²) in [6.07, 6.45) is 3.20. The summed E-state index contributed by atoms with van der Waals surface area (Å²) >= 11 is 0.961. The normalized spacial score (nSPS) is 11.8.